The summed E-state index contributed by atoms with van der Waals surface area (Å²) in [6.45, 7) is 6.14. The Balaban J connectivity index is 1.51. The zero-order chi connectivity index (χ0) is 19.2. The van der Waals surface area contributed by atoms with E-state index in [4.69, 9.17) is 10.1 Å². The van der Waals surface area contributed by atoms with Crippen LogP contribution in [0, 0.1) is 14.9 Å². The molecule has 3 heterocycles. The van der Waals surface area contributed by atoms with Crippen LogP contribution in [0.2, 0.25) is 0 Å². The normalized spacial score (nSPS) is 24.0. The minimum Gasteiger partial charge on any atom is -0.342 e. The van der Waals surface area contributed by atoms with E-state index in [1.807, 2.05) is 18.6 Å². The maximum Gasteiger partial charge on any atom is 0.211 e. The highest BCUT2D eigenvalue weighted by molar-refractivity contribution is 14.1. The Morgan fingerprint density at radius 1 is 1.33 bits per heavy atom. The van der Waals surface area contributed by atoms with Gasteiger partial charge in [0.2, 0.25) is 5.95 Å². The molecule has 0 aromatic carbocycles. The van der Waals surface area contributed by atoms with Crippen LogP contribution in [0.3, 0.4) is 0 Å². The molecule has 2 aromatic rings. The third kappa shape index (κ3) is 3.53. The molecule has 1 saturated carbocycles. The van der Waals surface area contributed by atoms with Crippen LogP contribution in [-0.2, 0) is 11.0 Å². The number of rotatable bonds is 4. The highest BCUT2D eigenvalue weighted by atomic mass is 127. The fraction of sp³-hybridized carbons (Fsp3) is 0.684. The third-order valence-corrected chi connectivity index (χ3v) is 8.80. The molecule has 148 valence electrons. The minimum absolute atomic E-state index is 0.306. The molecule has 8 heteroatoms. The van der Waals surface area contributed by atoms with Crippen molar-refractivity contribution >= 4 is 45.2 Å². The zero-order valence-electron chi connectivity index (χ0n) is 16.0. The van der Waals surface area contributed by atoms with Crippen molar-refractivity contribution in [1.82, 2.24) is 14.4 Å². The number of aromatic nitrogens is 3. The topological polar surface area (TPSA) is 76.5 Å². The first kappa shape index (κ1) is 19.6. The Labute approximate surface area is 177 Å². The minimum atomic E-state index is -1.27. The Bertz CT molecular complexity index is 859. The molecule has 4 rings (SSSR count). The number of anilines is 1. The number of hydrogen-bond donors (Lipinski definition) is 1. The van der Waals surface area contributed by atoms with Crippen molar-refractivity contribution < 1.29 is 4.21 Å². The zero-order valence-corrected chi connectivity index (χ0v) is 19.0. The second-order valence-corrected chi connectivity index (χ2v) is 11.6. The van der Waals surface area contributed by atoms with Crippen molar-refractivity contribution in [1.29, 1.82) is 0 Å². The molecule has 1 saturated heterocycles. The second-order valence-electron chi connectivity index (χ2n) is 8.73. The van der Waals surface area contributed by atoms with Crippen molar-refractivity contribution in [2.75, 3.05) is 18.0 Å². The fourth-order valence-electron chi connectivity index (χ4n) is 5.13. The summed E-state index contributed by atoms with van der Waals surface area (Å²) < 4.78 is 14.8. The summed E-state index contributed by atoms with van der Waals surface area (Å²) in [5.41, 5.74) is 1.36. The number of hydrogen-bond acceptors (Lipinski definition) is 4. The lowest BCUT2D eigenvalue weighted by molar-refractivity contribution is 0.133. The van der Waals surface area contributed by atoms with Crippen molar-refractivity contribution in [3.63, 3.8) is 0 Å². The molecule has 1 spiro atoms. The lowest BCUT2D eigenvalue weighted by Crippen LogP contribution is -2.45. The Morgan fingerprint density at radius 2 is 2.07 bits per heavy atom. The van der Waals surface area contributed by atoms with E-state index in [0.29, 0.717) is 11.3 Å². The van der Waals surface area contributed by atoms with Gasteiger partial charge in [-0.2, -0.15) is 0 Å². The van der Waals surface area contributed by atoms with Crippen molar-refractivity contribution in [2.45, 2.75) is 57.1 Å². The highest BCUT2D eigenvalue weighted by Crippen LogP contribution is 2.53. The molecular weight excluding hydrogens is 473 g/mol. The van der Waals surface area contributed by atoms with E-state index >= 15 is 0 Å². The van der Waals surface area contributed by atoms with Crippen molar-refractivity contribution in [2.24, 2.45) is 16.5 Å². The molecule has 2 atom stereocenters. The van der Waals surface area contributed by atoms with Gasteiger partial charge in [-0.05, 0) is 79.9 Å². The smallest absolute Gasteiger partial charge is 0.211 e. The van der Waals surface area contributed by atoms with E-state index in [2.05, 4.69) is 50.7 Å². The molecular formula is C19H28IN5OS. The lowest BCUT2D eigenvalue weighted by Gasteiger charge is -2.45. The van der Waals surface area contributed by atoms with E-state index < -0.39 is 11.0 Å². The highest BCUT2D eigenvalue weighted by Gasteiger charge is 2.47. The van der Waals surface area contributed by atoms with E-state index in [0.717, 1.165) is 34.7 Å². The molecule has 1 unspecified atom stereocenters. The number of imidazole rings is 1. The molecule has 6 nitrogen and oxygen atoms in total. The molecule has 0 amide bonds. The quantitative estimate of drug-likeness (QED) is 0.651. The van der Waals surface area contributed by atoms with Gasteiger partial charge in [-0.15, -0.1) is 0 Å². The second kappa shape index (κ2) is 7.26. The maximum absolute atomic E-state index is 12.0. The van der Waals surface area contributed by atoms with Crippen LogP contribution in [-0.4, -0.2) is 36.4 Å². The van der Waals surface area contributed by atoms with Crippen LogP contribution in [0.4, 0.5) is 5.95 Å². The van der Waals surface area contributed by atoms with Gasteiger partial charge in [0.15, 0.2) is 5.65 Å². The number of nitrogens with two attached hydrogens (primary N) is 1. The monoisotopic (exact) mass is 501 g/mol. The van der Waals surface area contributed by atoms with Crippen LogP contribution in [0.1, 0.15) is 52.4 Å². The Morgan fingerprint density at radius 3 is 2.78 bits per heavy atom. The molecule has 0 radical (unpaired) electrons. The number of piperidine rings is 1. The molecule has 2 fully saturated rings. The van der Waals surface area contributed by atoms with Crippen LogP contribution in [0.5, 0.6) is 0 Å². The van der Waals surface area contributed by atoms with Gasteiger partial charge < -0.3 is 4.90 Å². The van der Waals surface area contributed by atoms with Crippen LogP contribution in [0.25, 0.3) is 5.65 Å². The summed E-state index contributed by atoms with van der Waals surface area (Å²) in [6, 6.07) is 0. The molecule has 1 aliphatic carbocycles. The van der Waals surface area contributed by atoms with Gasteiger partial charge in [-0.25, -0.2) is 14.2 Å². The fourth-order valence-corrected chi connectivity index (χ4v) is 6.03. The van der Waals surface area contributed by atoms with Crippen molar-refractivity contribution in [3.8, 4) is 0 Å². The van der Waals surface area contributed by atoms with Crippen LogP contribution >= 0.6 is 22.6 Å². The molecule has 2 N–H and O–H groups in total. The van der Waals surface area contributed by atoms with Gasteiger partial charge in [0.25, 0.3) is 0 Å². The lowest BCUT2D eigenvalue weighted by atomic mass is 9.68. The van der Waals surface area contributed by atoms with E-state index in [-0.39, 0.29) is 4.75 Å². The molecule has 1 aliphatic heterocycles. The summed E-state index contributed by atoms with van der Waals surface area (Å²) in [7, 11) is -1.27. The number of nitrogens with zero attached hydrogens (tertiary/aromatic N) is 4. The van der Waals surface area contributed by atoms with E-state index in [9.17, 15) is 4.21 Å². The van der Waals surface area contributed by atoms with Crippen LogP contribution < -0.4 is 10.0 Å². The SMILES string of the molecule is CC(C)(C[C@H]1CCCC12CCN(c1ncc(I)c3nccn13)CC2)S(N)=O. The van der Waals surface area contributed by atoms with Gasteiger partial charge in [-0.3, -0.25) is 9.54 Å². The summed E-state index contributed by atoms with van der Waals surface area (Å²) >= 11 is 2.29. The Hall–Kier alpha value is -0.740. The first-order chi connectivity index (χ1) is 12.8. The van der Waals surface area contributed by atoms with E-state index in [1.54, 1.807) is 0 Å². The summed E-state index contributed by atoms with van der Waals surface area (Å²) in [6.07, 6.45) is 12.9. The molecule has 0 bridgehead atoms. The van der Waals surface area contributed by atoms with E-state index in [1.165, 1.54) is 32.1 Å². The maximum atomic E-state index is 12.0. The standard InChI is InChI=1S/C19H28IN5OS/c1-18(2,27(21)26)12-14-4-3-5-19(14)6-9-24(10-7-19)17-23-13-15(20)16-22-8-11-25(16)17/h8,11,13-14H,3-7,9-10,12,21H2,1-2H3/t14-,27?/m1/s1. The van der Waals surface area contributed by atoms with Crippen LogP contribution in [0.15, 0.2) is 18.6 Å². The predicted octanol–water partition coefficient (Wildman–Crippen LogP) is 3.51. The number of fused-ring (bicyclic) bond motifs is 1. The van der Waals surface area contributed by atoms with Gasteiger partial charge in [-0.1, -0.05) is 6.42 Å². The summed E-state index contributed by atoms with van der Waals surface area (Å²) in [5, 5.41) is 5.77. The molecule has 2 aliphatic rings. The molecule has 2 aromatic heterocycles. The molecule has 27 heavy (non-hydrogen) atoms. The predicted molar refractivity (Wildman–Crippen MR) is 118 cm³/mol. The van der Waals surface area contributed by atoms with Gasteiger partial charge in [0.1, 0.15) is 0 Å². The van der Waals surface area contributed by atoms with Gasteiger partial charge in [0.05, 0.1) is 19.3 Å². The largest absolute Gasteiger partial charge is 0.342 e. The summed E-state index contributed by atoms with van der Waals surface area (Å²) in [5.74, 6) is 1.62. The average Bonchev–Trinajstić information content (AvgIpc) is 3.25. The van der Waals surface area contributed by atoms with Gasteiger partial charge >= 0.3 is 0 Å². The average molecular weight is 501 g/mol. The first-order valence-corrected chi connectivity index (χ1v) is 12.0. The Kier molecular flexibility index (Phi) is 5.26. The summed E-state index contributed by atoms with van der Waals surface area (Å²) in [4.78, 5) is 11.6. The first-order valence-electron chi connectivity index (χ1n) is 9.71. The number of halogens is 1. The van der Waals surface area contributed by atoms with Crippen molar-refractivity contribution in [3.05, 3.63) is 22.2 Å². The van der Waals surface area contributed by atoms with Gasteiger partial charge in [0, 0.05) is 31.7 Å². The third-order valence-electron chi connectivity index (χ3n) is 6.78.